The highest BCUT2D eigenvalue weighted by atomic mass is 32.1. The van der Waals surface area contributed by atoms with Crippen molar-refractivity contribution in [2.24, 2.45) is 5.92 Å². The molecule has 1 unspecified atom stereocenters. The second-order valence-corrected chi connectivity index (χ2v) is 8.62. The minimum absolute atomic E-state index is 0.0468. The van der Waals surface area contributed by atoms with E-state index < -0.39 is 0 Å². The molecule has 6 nitrogen and oxygen atoms in total. The number of aromatic nitrogens is 2. The van der Waals surface area contributed by atoms with Crippen LogP contribution in [0.4, 0.5) is 10.3 Å². The van der Waals surface area contributed by atoms with Crippen molar-refractivity contribution in [3.8, 4) is 5.75 Å². The zero-order chi connectivity index (χ0) is 18.1. The largest absolute Gasteiger partial charge is 0.497 e. The molecular formula is C18H20N4O2S2. The molecular weight excluding hydrogens is 368 g/mol. The first-order valence-corrected chi connectivity index (χ1v) is 10.2. The third kappa shape index (κ3) is 3.52. The summed E-state index contributed by atoms with van der Waals surface area (Å²) in [7, 11) is 1.67. The van der Waals surface area contributed by atoms with Crippen LogP contribution in [0.2, 0.25) is 0 Å². The summed E-state index contributed by atoms with van der Waals surface area (Å²) in [4.78, 5) is 24.9. The Bertz CT molecular complexity index is 936. The first kappa shape index (κ1) is 17.2. The molecule has 0 radical (unpaired) electrons. The Kier molecular flexibility index (Phi) is 4.78. The number of carbonyl (C=O) groups excluding carboxylic acids is 1. The van der Waals surface area contributed by atoms with Crippen molar-refractivity contribution in [2.75, 3.05) is 30.4 Å². The van der Waals surface area contributed by atoms with Crippen LogP contribution < -0.4 is 15.0 Å². The standard InChI is InChI=1S/C18H20N4O2S2/c1-11-9-19-17(25-11)21-16(23)12-4-3-7-22(10-12)18-20-14-6-5-13(24-2)8-15(14)26-18/h5-6,8-9,12H,3-4,7,10H2,1-2H3,(H,19,21,23). The number of aryl methyl sites for hydroxylation is 1. The van der Waals surface area contributed by atoms with Gasteiger partial charge in [-0.15, -0.1) is 11.3 Å². The molecule has 2 aromatic heterocycles. The number of methoxy groups -OCH3 is 1. The molecule has 1 atom stereocenters. The summed E-state index contributed by atoms with van der Waals surface area (Å²) in [5.74, 6) is 0.837. The third-order valence-corrected chi connectivity index (χ3v) is 6.41. The minimum Gasteiger partial charge on any atom is -0.497 e. The lowest BCUT2D eigenvalue weighted by Gasteiger charge is -2.31. The smallest absolute Gasteiger partial charge is 0.231 e. The van der Waals surface area contributed by atoms with Gasteiger partial charge in [-0.25, -0.2) is 9.97 Å². The highest BCUT2D eigenvalue weighted by molar-refractivity contribution is 7.22. The van der Waals surface area contributed by atoms with Crippen LogP contribution in [-0.2, 0) is 4.79 Å². The summed E-state index contributed by atoms with van der Waals surface area (Å²) in [5.41, 5.74) is 0.968. The van der Waals surface area contributed by atoms with E-state index in [4.69, 9.17) is 9.72 Å². The zero-order valence-electron chi connectivity index (χ0n) is 14.7. The third-order valence-electron chi connectivity index (χ3n) is 4.50. The number of hydrogen-bond donors (Lipinski definition) is 1. The van der Waals surface area contributed by atoms with E-state index >= 15 is 0 Å². The summed E-state index contributed by atoms with van der Waals surface area (Å²) in [5, 5.41) is 4.60. The maximum absolute atomic E-state index is 12.6. The second kappa shape index (κ2) is 7.20. The predicted molar refractivity (Wildman–Crippen MR) is 107 cm³/mol. The highest BCUT2D eigenvalue weighted by Gasteiger charge is 2.28. The van der Waals surface area contributed by atoms with Crippen molar-refractivity contribution < 1.29 is 9.53 Å². The summed E-state index contributed by atoms with van der Waals surface area (Å²) >= 11 is 3.15. The average molecular weight is 389 g/mol. The number of nitrogens with one attached hydrogen (secondary N) is 1. The van der Waals surface area contributed by atoms with Crippen LogP contribution in [-0.4, -0.2) is 36.1 Å². The number of nitrogens with zero attached hydrogens (tertiary/aromatic N) is 3. The maximum atomic E-state index is 12.6. The number of rotatable bonds is 4. The second-order valence-electron chi connectivity index (χ2n) is 6.38. The van der Waals surface area contributed by atoms with Gasteiger partial charge in [0.15, 0.2) is 10.3 Å². The Morgan fingerprint density at radius 3 is 3.04 bits per heavy atom. The molecule has 1 aliphatic heterocycles. The quantitative estimate of drug-likeness (QED) is 0.734. The molecule has 8 heteroatoms. The number of benzene rings is 1. The summed E-state index contributed by atoms with van der Waals surface area (Å²) in [6.07, 6.45) is 3.66. The van der Waals surface area contributed by atoms with Gasteiger partial charge < -0.3 is 15.0 Å². The molecule has 1 amide bonds. The van der Waals surface area contributed by atoms with E-state index in [0.29, 0.717) is 11.7 Å². The van der Waals surface area contributed by atoms with Gasteiger partial charge in [-0.2, -0.15) is 0 Å². The normalized spacial score (nSPS) is 17.5. The highest BCUT2D eigenvalue weighted by Crippen LogP contribution is 2.33. The fraction of sp³-hybridized carbons (Fsp3) is 0.389. The molecule has 1 N–H and O–H groups in total. The monoisotopic (exact) mass is 388 g/mol. The molecule has 3 heterocycles. The van der Waals surface area contributed by atoms with Crippen LogP contribution >= 0.6 is 22.7 Å². The Morgan fingerprint density at radius 2 is 2.27 bits per heavy atom. The van der Waals surface area contributed by atoms with Crippen molar-refractivity contribution in [2.45, 2.75) is 19.8 Å². The van der Waals surface area contributed by atoms with E-state index in [-0.39, 0.29) is 11.8 Å². The van der Waals surface area contributed by atoms with Crippen molar-refractivity contribution in [3.63, 3.8) is 0 Å². The molecule has 1 aromatic carbocycles. The van der Waals surface area contributed by atoms with E-state index in [1.165, 1.54) is 11.3 Å². The number of ether oxygens (including phenoxy) is 1. The van der Waals surface area contributed by atoms with Crippen LogP contribution in [0.3, 0.4) is 0 Å². The molecule has 1 aliphatic rings. The van der Waals surface area contributed by atoms with Crippen LogP contribution in [0.1, 0.15) is 17.7 Å². The molecule has 1 saturated heterocycles. The Morgan fingerprint density at radius 1 is 1.38 bits per heavy atom. The topological polar surface area (TPSA) is 67.3 Å². The first-order valence-electron chi connectivity index (χ1n) is 8.55. The number of hydrogen-bond acceptors (Lipinski definition) is 7. The van der Waals surface area contributed by atoms with Crippen molar-refractivity contribution in [1.82, 2.24) is 9.97 Å². The van der Waals surface area contributed by atoms with Gasteiger partial charge >= 0.3 is 0 Å². The van der Waals surface area contributed by atoms with Gasteiger partial charge in [0, 0.05) is 24.2 Å². The lowest BCUT2D eigenvalue weighted by Crippen LogP contribution is -2.40. The van der Waals surface area contributed by atoms with Crippen molar-refractivity contribution >= 4 is 49.1 Å². The van der Waals surface area contributed by atoms with Crippen LogP contribution in [0.5, 0.6) is 5.75 Å². The molecule has 4 rings (SSSR count). The maximum Gasteiger partial charge on any atom is 0.231 e. The van der Waals surface area contributed by atoms with Gasteiger partial charge in [-0.05, 0) is 38.0 Å². The lowest BCUT2D eigenvalue weighted by molar-refractivity contribution is -0.120. The van der Waals surface area contributed by atoms with E-state index in [1.54, 1.807) is 24.6 Å². The molecule has 3 aromatic rings. The van der Waals surface area contributed by atoms with Gasteiger partial charge in [0.2, 0.25) is 5.91 Å². The summed E-state index contributed by atoms with van der Waals surface area (Å²) in [6, 6.07) is 5.91. The lowest BCUT2D eigenvalue weighted by atomic mass is 9.97. The molecule has 0 aliphatic carbocycles. The number of fused-ring (bicyclic) bond motifs is 1. The summed E-state index contributed by atoms with van der Waals surface area (Å²) in [6.45, 7) is 3.60. The number of thiazole rings is 2. The van der Waals surface area contributed by atoms with E-state index in [2.05, 4.69) is 15.2 Å². The average Bonchev–Trinajstić information content (AvgIpc) is 3.27. The molecule has 136 valence electrons. The molecule has 26 heavy (non-hydrogen) atoms. The fourth-order valence-electron chi connectivity index (χ4n) is 3.14. The van der Waals surface area contributed by atoms with Crippen LogP contribution in [0, 0.1) is 12.8 Å². The SMILES string of the molecule is COc1ccc2nc(N3CCCC(C(=O)Nc4ncc(C)s4)C3)sc2c1. The van der Waals surface area contributed by atoms with Gasteiger partial charge in [-0.1, -0.05) is 11.3 Å². The van der Waals surface area contributed by atoms with Gasteiger partial charge in [0.05, 0.1) is 23.2 Å². The number of anilines is 2. The van der Waals surface area contributed by atoms with E-state index in [1.807, 2.05) is 25.1 Å². The molecule has 0 bridgehead atoms. The molecule has 0 saturated carbocycles. The van der Waals surface area contributed by atoms with Gasteiger partial charge in [0.25, 0.3) is 0 Å². The number of amides is 1. The minimum atomic E-state index is -0.0468. The van der Waals surface area contributed by atoms with Gasteiger partial charge in [0.1, 0.15) is 5.75 Å². The Hall–Kier alpha value is -2.19. The van der Waals surface area contributed by atoms with Gasteiger partial charge in [-0.3, -0.25) is 4.79 Å². The number of carbonyl (C=O) groups is 1. The first-order chi connectivity index (χ1) is 12.6. The van der Waals surface area contributed by atoms with Crippen LogP contribution in [0.25, 0.3) is 10.2 Å². The Balaban J connectivity index is 1.48. The van der Waals surface area contributed by atoms with Crippen molar-refractivity contribution in [3.05, 3.63) is 29.3 Å². The summed E-state index contributed by atoms with van der Waals surface area (Å²) < 4.78 is 6.39. The van der Waals surface area contributed by atoms with E-state index in [0.717, 1.165) is 45.4 Å². The molecule has 1 fully saturated rings. The Labute approximate surface area is 159 Å². The predicted octanol–water partition coefficient (Wildman–Crippen LogP) is 3.92. The van der Waals surface area contributed by atoms with E-state index in [9.17, 15) is 4.79 Å². The fourth-order valence-corrected chi connectivity index (χ4v) is 4.84. The van der Waals surface area contributed by atoms with Crippen LogP contribution in [0.15, 0.2) is 24.4 Å². The number of piperidine rings is 1. The molecule has 0 spiro atoms. The zero-order valence-corrected chi connectivity index (χ0v) is 16.3. The van der Waals surface area contributed by atoms with Crippen molar-refractivity contribution in [1.29, 1.82) is 0 Å².